The summed E-state index contributed by atoms with van der Waals surface area (Å²) < 4.78 is 4.95. The maximum atomic E-state index is 11.4. The minimum absolute atomic E-state index is 0.126. The van der Waals surface area contributed by atoms with E-state index in [0.717, 1.165) is 0 Å². The quantitative estimate of drug-likeness (QED) is 0.766. The number of methoxy groups -OCH3 is 1. The molecule has 1 aliphatic heterocycles. The molecule has 2 atom stereocenters. The van der Waals surface area contributed by atoms with Crippen molar-refractivity contribution in [1.82, 2.24) is 4.90 Å². The molecule has 86 valence electrons. The van der Waals surface area contributed by atoms with Crippen LogP contribution in [0.2, 0.25) is 0 Å². The van der Waals surface area contributed by atoms with E-state index in [1.54, 1.807) is 0 Å². The van der Waals surface area contributed by atoms with E-state index < -0.39 is 6.09 Å². The van der Waals surface area contributed by atoms with Gasteiger partial charge in [-0.15, -0.1) is 0 Å². The summed E-state index contributed by atoms with van der Waals surface area (Å²) in [5.41, 5.74) is 0. The molecule has 0 aromatic heterocycles. The molecule has 5 heteroatoms. The van der Waals surface area contributed by atoms with Gasteiger partial charge in [-0.1, -0.05) is 6.92 Å². The first kappa shape index (κ1) is 12.0. The third-order valence-corrected chi connectivity index (χ3v) is 2.76. The molecule has 0 bridgehead atoms. The maximum Gasteiger partial charge on any atom is 0.407 e. The Labute approximate surface area is 89.0 Å². The molecule has 1 rings (SSSR count). The van der Waals surface area contributed by atoms with E-state index in [1.165, 1.54) is 12.0 Å². The molecular weight excluding hydrogens is 198 g/mol. The van der Waals surface area contributed by atoms with E-state index >= 15 is 0 Å². The number of ether oxygens (including phenoxy) is 1. The van der Waals surface area contributed by atoms with Gasteiger partial charge in [-0.2, -0.15) is 0 Å². The second-order valence-electron chi connectivity index (χ2n) is 3.81. The number of amides is 1. The molecule has 0 saturated carbocycles. The van der Waals surface area contributed by atoms with Crippen molar-refractivity contribution in [2.24, 2.45) is 0 Å². The summed E-state index contributed by atoms with van der Waals surface area (Å²) in [7, 11) is 1.51. The van der Waals surface area contributed by atoms with Gasteiger partial charge in [0.15, 0.2) is 0 Å². The Morgan fingerprint density at radius 3 is 2.60 bits per heavy atom. The summed E-state index contributed by atoms with van der Waals surface area (Å²) in [5.74, 6) is 0.126. The highest BCUT2D eigenvalue weighted by atomic mass is 16.5. The molecule has 15 heavy (non-hydrogen) atoms. The fraction of sp³-hybridized carbons (Fsp3) is 0.800. The van der Waals surface area contributed by atoms with Crippen LogP contribution in [-0.4, -0.2) is 47.7 Å². The molecule has 1 N–H and O–H groups in total. The lowest BCUT2D eigenvalue weighted by atomic mass is 9.94. The zero-order chi connectivity index (χ0) is 11.4. The summed E-state index contributed by atoms with van der Waals surface area (Å²) in [4.78, 5) is 23.9. The minimum Gasteiger partial charge on any atom is -0.465 e. The first-order chi connectivity index (χ1) is 7.10. The van der Waals surface area contributed by atoms with Gasteiger partial charge in [0.25, 0.3) is 0 Å². The SMILES string of the molecule is CCC1CC(=O)CC(COC)N1C(=O)O. The van der Waals surface area contributed by atoms with E-state index in [1.807, 2.05) is 6.92 Å². The fourth-order valence-electron chi connectivity index (χ4n) is 2.09. The van der Waals surface area contributed by atoms with E-state index in [-0.39, 0.29) is 30.9 Å². The van der Waals surface area contributed by atoms with Crippen LogP contribution in [-0.2, 0) is 9.53 Å². The van der Waals surface area contributed by atoms with Crippen molar-refractivity contribution < 1.29 is 19.4 Å². The van der Waals surface area contributed by atoms with Crippen LogP contribution in [0.3, 0.4) is 0 Å². The van der Waals surface area contributed by atoms with Crippen LogP contribution < -0.4 is 0 Å². The number of hydrogen-bond donors (Lipinski definition) is 1. The van der Waals surface area contributed by atoms with Crippen molar-refractivity contribution in [3.63, 3.8) is 0 Å². The Hall–Kier alpha value is -1.10. The van der Waals surface area contributed by atoms with Gasteiger partial charge in [0.2, 0.25) is 0 Å². The number of hydrogen-bond acceptors (Lipinski definition) is 3. The number of rotatable bonds is 3. The molecule has 1 aliphatic rings. The van der Waals surface area contributed by atoms with Crippen LogP contribution in [0.4, 0.5) is 4.79 Å². The van der Waals surface area contributed by atoms with Gasteiger partial charge in [-0.3, -0.25) is 9.69 Å². The number of piperidine rings is 1. The number of carbonyl (C=O) groups excluding carboxylic acids is 1. The van der Waals surface area contributed by atoms with E-state index in [0.29, 0.717) is 12.8 Å². The van der Waals surface area contributed by atoms with Gasteiger partial charge in [-0.25, -0.2) is 4.79 Å². The van der Waals surface area contributed by atoms with Gasteiger partial charge in [0.05, 0.1) is 12.6 Å². The lowest BCUT2D eigenvalue weighted by molar-refractivity contribution is -0.125. The van der Waals surface area contributed by atoms with Gasteiger partial charge in [-0.05, 0) is 6.42 Å². The molecule has 0 aromatic rings. The molecule has 5 nitrogen and oxygen atoms in total. The predicted molar refractivity (Wildman–Crippen MR) is 53.8 cm³/mol. The lowest BCUT2D eigenvalue weighted by Gasteiger charge is -2.38. The largest absolute Gasteiger partial charge is 0.465 e. The number of ketones is 1. The van der Waals surface area contributed by atoms with Crippen molar-refractivity contribution in [2.75, 3.05) is 13.7 Å². The second kappa shape index (κ2) is 5.11. The third kappa shape index (κ3) is 2.68. The summed E-state index contributed by atoms with van der Waals surface area (Å²) in [5, 5.41) is 9.08. The number of carboxylic acid groups (broad SMARTS) is 1. The summed E-state index contributed by atoms with van der Waals surface area (Å²) in [6.07, 6.45) is 0.314. The van der Waals surface area contributed by atoms with Crippen LogP contribution in [0.1, 0.15) is 26.2 Å². The monoisotopic (exact) mass is 215 g/mol. The molecular formula is C10H17NO4. The zero-order valence-electron chi connectivity index (χ0n) is 9.10. The number of Topliss-reactive ketones (excluding diaryl/α,β-unsaturated/α-hetero) is 1. The van der Waals surface area contributed by atoms with E-state index in [4.69, 9.17) is 9.84 Å². The second-order valence-corrected chi connectivity index (χ2v) is 3.81. The van der Waals surface area contributed by atoms with Crippen LogP contribution in [0.15, 0.2) is 0 Å². The number of carbonyl (C=O) groups is 2. The Morgan fingerprint density at radius 2 is 2.13 bits per heavy atom. The van der Waals surface area contributed by atoms with Crippen LogP contribution in [0.5, 0.6) is 0 Å². The Balaban J connectivity index is 2.80. The molecule has 1 saturated heterocycles. The summed E-state index contributed by atoms with van der Waals surface area (Å²) >= 11 is 0. The molecule has 0 spiro atoms. The van der Waals surface area contributed by atoms with Crippen LogP contribution in [0.25, 0.3) is 0 Å². The molecule has 0 aliphatic carbocycles. The molecule has 1 fully saturated rings. The average Bonchev–Trinajstić information content (AvgIpc) is 2.16. The zero-order valence-corrected chi connectivity index (χ0v) is 9.10. The lowest BCUT2D eigenvalue weighted by Crippen LogP contribution is -2.53. The molecule has 1 amide bonds. The smallest absolute Gasteiger partial charge is 0.407 e. The number of likely N-dealkylation sites (tertiary alicyclic amines) is 1. The van der Waals surface area contributed by atoms with Crippen molar-refractivity contribution >= 4 is 11.9 Å². The first-order valence-corrected chi connectivity index (χ1v) is 5.12. The molecule has 0 radical (unpaired) electrons. The van der Waals surface area contributed by atoms with Gasteiger partial charge in [0.1, 0.15) is 5.78 Å². The van der Waals surface area contributed by atoms with E-state index in [9.17, 15) is 9.59 Å². The Bertz CT molecular complexity index is 254. The fourth-order valence-corrected chi connectivity index (χ4v) is 2.09. The first-order valence-electron chi connectivity index (χ1n) is 5.12. The van der Waals surface area contributed by atoms with Crippen molar-refractivity contribution in [2.45, 2.75) is 38.3 Å². The van der Waals surface area contributed by atoms with Crippen LogP contribution in [0, 0.1) is 0 Å². The highest BCUT2D eigenvalue weighted by Crippen LogP contribution is 2.23. The molecule has 0 aromatic carbocycles. The molecule has 2 unspecified atom stereocenters. The number of nitrogens with zero attached hydrogens (tertiary/aromatic N) is 1. The topological polar surface area (TPSA) is 66.8 Å². The minimum atomic E-state index is -0.962. The van der Waals surface area contributed by atoms with E-state index in [2.05, 4.69) is 0 Å². The van der Waals surface area contributed by atoms with Crippen molar-refractivity contribution in [3.05, 3.63) is 0 Å². The Morgan fingerprint density at radius 1 is 1.53 bits per heavy atom. The maximum absolute atomic E-state index is 11.4. The van der Waals surface area contributed by atoms with Gasteiger partial charge < -0.3 is 9.84 Å². The summed E-state index contributed by atoms with van der Waals surface area (Å²) in [6, 6.07) is -0.511. The van der Waals surface area contributed by atoms with Crippen molar-refractivity contribution in [1.29, 1.82) is 0 Å². The van der Waals surface area contributed by atoms with Crippen molar-refractivity contribution in [3.8, 4) is 0 Å². The third-order valence-electron chi connectivity index (χ3n) is 2.76. The standard InChI is InChI=1S/C10H17NO4/c1-3-7-4-9(12)5-8(6-15-2)11(7)10(13)14/h7-8H,3-6H2,1-2H3,(H,13,14). The van der Waals surface area contributed by atoms with Crippen LogP contribution >= 0.6 is 0 Å². The average molecular weight is 215 g/mol. The molecule has 1 heterocycles. The highest BCUT2D eigenvalue weighted by molar-refractivity contribution is 5.82. The van der Waals surface area contributed by atoms with Gasteiger partial charge in [0, 0.05) is 26.0 Å². The Kier molecular flexibility index (Phi) is 4.08. The predicted octanol–water partition coefficient (Wildman–Crippen LogP) is 1.12. The summed E-state index contributed by atoms with van der Waals surface area (Å²) in [6.45, 7) is 2.18. The van der Waals surface area contributed by atoms with Gasteiger partial charge >= 0.3 is 6.09 Å². The normalized spacial score (nSPS) is 26.8. The highest BCUT2D eigenvalue weighted by Gasteiger charge is 2.36.